The van der Waals surface area contributed by atoms with Crippen LogP contribution in [0.1, 0.15) is 18.4 Å². The van der Waals surface area contributed by atoms with Gasteiger partial charge >= 0.3 is 0 Å². The van der Waals surface area contributed by atoms with Crippen molar-refractivity contribution in [2.24, 2.45) is 0 Å². The van der Waals surface area contributed by atoms with Gasteiger partial charge in [-0.2, -0.15) is 0 Å². The minimum atomic E-state index is -3.31. The fraction of sp³-hybridized carbons (Fsp3) is 0.500. The van der Waals surface area contributed by atoms with Gasteiger partial charge in [0, 0.05) is 24.2 Å². The number of rotatable bonds is 4. The van der Waals surface area contributed by atoms with Crippen LogP contribution < -0.4 is 4.72 Å². The van der Waals surface area contributed by atoms with E-state index in [9.17, 15) is 8.42 Å². The summed E-state index contributed by atoms with van der Waals surface area (Å²) in [4.78, 5) is 0. The fourth-order valence-electron chi connectivity index (χ4n) is 1.95. The molecule has 0 bridgehead atoms. The average Bonchev–Trinajstić information content (AvgIpc) is 2.39. The van der Waals surface area contributed by atoms with Crippen LogP contribution in [0.3, 0.4) is 0 Å². The van der Waals surface area contributed by atoms with Crippen molar-refractivity contribution in [2.75, 3.05) is 17.9 Å². The SMILES string of the molecule is O=S(=O)(Nc1cccc(CBr)c1)C1CCOCC1. The van der Waals surface area contributed by atoms with E-state index in [1.165, 1.54) is 0 Å². The third kappa shape index (κ3) is 3.46. The predicted molar refractivity (Wildman–Crippen MR) is 75.5 cm³/mol. The van der Waals surface area contributed by atoms with Gasteiger partial charge in [-0.3, -0.25) is 4.72 Å². The molecule has 2 rings (SSSR count). The molecule has 6 heteroatoms. The first kappa shape index (κ1) is 13.8. The molecule has 0 saturated carbocycles. The molecule has 1 fully saturated rings. The molecule has 0 spiro atoms. The lowest BCUT2D eigenvalue weighted by Gasteiger charge is -2.22. The Morgan fingerprint density at radius 2 is 2.06 bits per heavy atom. The Bertz CT molecular complexity index is 498. The Morgan fingerprint density at radius 3 is 2.72 bits per heavy atom. The van der Waals surface area contributed by atoms with E-state index in [2.05, 4.69) is 20.7 Å². The minimum absolute atomic E-state index is 0.348. The van der Waals surface area contributed by atoms with Crippen LogP contribution in [0.4, 0.5) is 5.69 Å². The second kappa shape index (κ2) is 6.04. The maximum atomic E-state index is 12.2. The lowest BCUT2D eigenvalue weighted by atomic mass is 10.2. The molecule has 1 heterocycles. The number of alkyl halides is 1. The summed E-state index contributed by atoms with van der Waals surface area (Å²) in [7, 11) is -3.31. The second-order valence-corrected chi connectivity index (χ2v) is 6.81. The molecule has 1 aliphatic rings. The van der Waals surface area contributed by atoms with Gasteiger partial charge in [-0.25, -0.2) is 8.42 Å². The smallest absolute Gasteiger partial charge is 0.235 e. The van der Waals surface area contributed by atoms with Crippen molar-refractivity contribution in [2.45, 2.75) is 23.4 Å². The maximum absolute atomic E-state index is 12.2. The molecule has 0 radical (unpaired) electrons. The Balaban J connectivity index is 2.11. The molecule has 1 N–H and O–H groups in total. The topological polar surface area (TPSA) is 55.4 Å². The van der Waals surface area contributed by atoms with E-state index < -0.39 is 10.0 Å². The molecular formula is C12H16BrNO3S. The van der Waals surface area contributed by atoms with Gasteiger partial charge in [0.15, 0.2) is 0 Å². The van der Waals surface area contributed by atoms with Crippen molar-refractivity contribution in [1.82, 2.24) is 0 Å². The molecule has 1 aromatic rings. The fourth-order valence-corrected chi connectivity index (χ4v) is 3.74. The number of hydrogen-bond donors (Lipinski definition) is 1. The number of ether oxygens (including phenoxy) is 1. The molecule has 18 heavy (non-hydrogen) atoms. The lowest BCUT2D eigenvalue weighted by Crippen LogP contribution is -2.33. The van der Waals surface area contributed by atoms with Crippen LogP contribution >= 0.6 is 15.9 Å². The van der Waals surface area contributed by atoms with Crippen LogP contribution in [-0.2, 0) is 20.1 Å². The first-order valence-corrected chi connectivity index (χ1v) is 8.53. The molecule has 0 unspecified atom stereocenters. The molecule has 1 saturated heterocycles. The molecule has 1 aromatic carbocycles. The van der Waals surface area contributed by atoms with Gasteiger partial charge in [-0.05, 0) is 30.5 Å². The van der Waals surface area contributed by atoms with Crippen molar-refractivity contribution in [3.8, 4) is 0 Å². The van der Waals surface area contributed by atoms with Crippen molar-refractivity contribution in [1.29, 1.82) is 0 Å². The summed E-state index contributed by atoms with van der Waals surface area (Å²) in [5.41, 5.74) is 1.67. The molecular weight excluding hydrogens is 318 g/mol. The second-order valence-electron chi connectivity index (χ2n) is 4.29. The summed E-state index contributed by atoms with van der Waals surface area (Å²) < 4.78 is 32.2. The summed E-state index contributed by atoms with van der Waals surface area (Å²) >= 11 is 3.35. The quantitative estimate of drug-likeness (QED) is 0.861. The highest BCUT2D eigenvalue weighted by atomic mass is 79.9. The van der Waals surface area contributed by atoms with Gasteiger partial charge in [0.25, 0.3) is 0 Å². The van der Waals surface area contributed by atoms with E-state index in [1.54, 1.807) is 6.07 Å². The summed E-state index contributed by atoms with van der Waals surface area (Å²) in [6, 6.07) is 7.40. The summed E-state index contributed by atoms with van der Waals surface area (Å²) in [5.74, 6) is 0. The molecule has 4 nitrogen and oxygen atoms in total. The summed E-state index contributed by atoms with van der Waals surface area (Å²) in [6.45, 7) is 1.04. The number of anilines is 1. The van der Waals surface area contributed by atoms with Crippen molar-refractivity contribution >= 4 is 31.6 Å². The number of benzene rings is 1. The van der Waals surface area contributed by atoms with Gasteiger partial charge < -0.3 is 4.74 Å². The van der Waals surface area contributed by atoms with Crippen LogP contribution in [0.25, 0.3) is 0 Å². The largest absolute Gasteiger partial charge is 0.381 e. The van der Waals surface area contributed by atoms with Gasteiger partial charge in [-0.1, -0.05) is 28.1 Å². The van der Waals surface area contributed by atoms with E-state index in [0.29, 0.717) is 37.1 Å². The minimum Gasteiger partial charge on any atom is -0.381 e. The zero-order chi connectivity index (χ0) is 13.0. The Labute approximate surface area is 116 Å². The van der Waals surface area contributed by atoms with Gasteiger partial charge in [0.05, 0.1) is 5.25 Å². The third-order valence-corrected chi connectivity index (χ3v) is 5.47. The number of nitrogens with one attached hydrogen (secondary N) is 1. The first-order chi connectivity index (χ1) is 8.62. The molecule has 100 valence electrons. The third-order valence-electron chi connectivity index (χ3n) is 2.95. The van der Waals surface area contributed by atoms with Crippen molar-refractivity contribution in [3.05, 3.63) is 29.8 Å². The molecule has 0 atom stereocenters. The van der Waals surface area contributed by atoms with Gasteiger partial charge in [-0.15, -0.1) is 0 Å². The van der Waals surface area contributed by atoms with Crippen LogP contribution in [0.15, 0.2) is 24.3 Å². The molecule has 0 amide bonds. The standard InChI is InChI=1S/C12H16BrNO3S/c13-9-10-2-1-3-11(8-10)14-18(15,16)12-4-6-17-7-5-12/h1-3,8,12,14H,4-7,9H2. The highest BCUT2D eigenvalue weighted by Gasteiger charge is 2.27. The van der Waals surface area contributed by atoms with Gasteiger partial charge in [0.1, 0.15) is 0 Å². The normalized spacial score (nSPS) is 17.6. The predicted octanol–water partition coefficient (Wildman–Crippen LogP) is 2.50. The van der Waals surface area contributed by atoms with Gasteiger partial charge in [0.2, 0.25) is 10.0 Å². The Morgan fingerprint density at radius 1 is 1.33 bits per heavy atom. The van der Waals surface area contributed by atoms with Crippen LogP contribution in [-0.4, -0.2) is 26.9 Å². The van der Waals surface area contributed by atoms with Crippen molar-refractivity contribution in [3.63, 3.8) is 0 Å². The van der Waals surface area contributed by atoms with Crippen LogP contribution in [0.2, 0.25) is 0 Å². The van der Waals surface area contributed by atoms with E-state index in [-0.39, 0.29) is 5.25 Å². The molecule has 1 aliphatic heterocycles. The van der Waals surface area contributed by atoms with Crippen LogP contribution in [0.5, 0.6) is 0 Å². The zero-order valence-electron chi connectivity index (χ0n) is 9.93. The van der Waals surface area contributed by atoms with E-state index in [0.717, 1.165) is 5.56 Å². The van der Waals surface area contributed by atoms with Crippen LogP contribution in [0, 0.1) is 0 Å². The summed E-state index contributed by atoms with van der Waals surface area (Å²) in [6.07, 6.45) is 1.13. The Kier molecular flexibility index (Phi) is 4.64. The van der Waals surface area contributed by atoms with E-state index in [1.807, 2.05) is 18.2 Å². The number of sulfonamides is 1. The van der Waals surface area contributed by atoms with E-state index in [4.69, 9.17) is 4.74 Å². The monoisotopic (exact) mass is 333 g/mol. The highest BCUT2D eigenvalue weighted by molar-refractivity contribution is 9.08. The number of hydrogen-bond acceptors (Lipinski definition) is 3. The highest BCUT2D eigenvalue weighted by Crippen LogP contribution is 2.20. The average molecular weight is 334 g/mol. The molecule has 0 aromatic heterocycles. The summed E-state index contributed by atoms with van der Waals surface area (Å²) in [5, 5.41) is 0.360. The lowest BCUT2D eigenvalue weighted by molar-refractivity contribution is 0.0984. The maximum Gasteiger partial charge on any atom is 0.235 e. The number of halogens is 1. The zero-order valence-corrected chi connectivity index (χ0v) is 12.3. The van der Waals surface area contributed by atoms with E-state index >= 15 is 0 Å². The molecule has 0 aliphatic carbocycles. The van der Waals surface area contributed by atoms with Crippen molar-refractivity contribution < 1.29 is 13.2 Å². The Hall–Kier alpha value is -0.590. The first-order valence-electron chi connectivity index (χ1n) is 5.86.